The van der Waals surface area contributed by atoms with Gasteiger partial charge >= 0.3 is 0 Å². The topological polar surface area (TPSA) is 53.7 Å². The number of rotatable bonds is 3. The molecule has 2 N–H and O–H groups in total. The van der Waals surface area contributed by atoms with Crippen molar-refractivity contribution in [3.8, 4) is 17.2 Å². The van der Waals surface area contributed by atoms with Crippen molar-refractivity contribution in [3.05, 3.63) is 17.7 Å². The molecule has 3 rings (SSSR count). The van der Waals surface area contributed by atoms with Crippen LogP contribution in [0.5, 0.6) is 17.2 Å². The van der Waals surface area contributed by atoms with Crippen molar-refractivity contribution in [2.24, 2.45) is 17.6 Å². The van der Waals surface area contributed by atoms with E-state index in [9.17, 15) is 0 Å². The van der Waals surface area contributed by atoms with Crippen LogP contribution in [0.2, 0.25) is 0 Å². The second-order valence-corrected chi connectivity index (χ2v) is 6.02. The maximum absolute atomic E-state index is 6.21. The minimum absolute atomic E-state index is 0.279. The predicted molar refractivity (Wildman–Crippen MR) is 77.1 cm³/mol. The van der Waals surface area contributed by atoms with Crippen molar-refractivity contribution in [1.82, 2.24) is 0 Å². The highest BCUT2D eigenvalue weighted by Gasteiger charge is 2.27. The smallest absolute Gasteiger partial charge is 0.231 e. The lowest BCUT2D eigenvalue weighted by Crippen LogP contribution is -2.29. The van der Waals surface area contributed by atoms with E-state index in [1.54, 1.807) is 0 Å². The van der Waals surface area contributed by atoms with Crippen molar-refractivity contribution in [2.45, 2.75) is 45.8 Å². The van der Waals surface area contributed by atoms with Crippen LogP contribution in [0.1, 0.15) is 38.7 Å². The Bertz CT molecular complexity index is 489. The minimum Gasteiger partial charge on any atom is -0.490 e. The fraction of sp³-hybridized carbons (Fsp3) is 0.625. The van der Waals surface area contributed by atoms with E-state index >= 15 is 0 Å². The molecule has 0 aromatic heterocycles. The van der Waals surface area contributed by atoms with E-state index in [1.807, 2.05) is 12.1 Å². The molecule has 1 aliphatic heterocycles. The Hall–Kier alpha value is -1.42. The van der Waals surface area contributed by atoms with Crippen molar-refractivity contribution >= 4 is 0 Å². The largest absolute Gasteiger partial charge is 0.490 e. The monoisotopic (exact) mass is 277 g/mol. The van der Waals surface area contributed by atoms with Gasteiger partial charge in [0.15, 0.2) is 11.5 Å². The van der Waals surface area contributed by atoms with Gasteiger partial charge in [-0.15, -0.1) is 0 Å². The van der Waals surface area contributed by atoms with Crippen LogP contribution in [-0.4, -0.2) is 12.9 Å². The molecule has 0 amide bonds. The zero-order chi connectivity index (χ0) is 14.1. The van der Waals surface area contributed by atoms with E-state index in [0.717, 1.165) is 41.6 Å². The highest BCUT2D eigenvalue weighted by molar-refractivity contribution is 5.51. The molecule has 1 heterocycles. The van der Waals surface area contributed by atoms with Crippen LogP contribution in [0, 0.1) is 11.8 Å². The molecule has 0 radical (unpaired) electrons. The molecule has 0 spiro atoms. The Morgan fingerprint density at radius 2 is 1.90 bits per heavy atom. The number of hydrogen-bond donors (Lipinski definition) is 1. The fourth-order valence-corrected chi connectivity index (χ4v) is 3.02. The fourth-order valence-electron chi connectivity index (χ4n) is 3.02. The Kier molecular flexibility index (Phi) is 3.74. The van der Waals surface area contributed by atoms with Gasteiger partial charge in [0.1, 0.15) is 5.75 Å². The molecule has 1 fully saturated rings. The minimum atomic E-state index is 0.279. The molecule has 1 aromatic rings. The molecule has 1 saturated carbocycles. The average Bonchev–Trinajstić information content (AvgIpc) is 2.89. The Balaban J connectivity index is 1.77. The van der Waals surface area contributed by atoms with E-state index in [2.05, 4.69) is 13.8 Å². The molecule has 3 atom stereocenters. The second kappa shape index (κ2) is 5.52. The van der Waals surface area contributed by atoms with Crippen LogP contribution in [0.4, 0.5) is 0 Å². The van der Waals surface area contributed by atoms with Gasteiger partial charge in [-0.25, -0.2) is 0 Å². The third-order valence-electron chi connectivity index (χ3n) is 4.62. The van der Waals surface area contributed by atoms with E-state index in [0.29, 0.717) is 12.5 Å². The zero-order valence-electron chi connectivity index (χ0n) is 12.2. The molecule has 3 unspecified atom stereocenters. The van der Waals surface area contributed by atoms with Crippen LogP contribution >= 0.6 is 0 Å². The van der Waals surface area contributed by atoms with Crippen molar-refractivity contribution in [1.29, 1.82) is 0 Å². The van der Waals surface area contributed by atoms with Crippen LogP contribution in [0.15, 0.2) is 12.1 Å². The summed E-state index contributed by atoms with van der Waals surface area (Å²) in [6.45, 7) is 5.36. The third kappa shape index (κ3) is 2.57. The number of ether oxygens (including phenoxy) is 3. The molecule has 0 saturated heterocycles. The summed E-state index contributed by atoms with van der Waals surface area (Å²) < 4.78 is 17.0. The van der Waals surface area contributed by atoms with Gasteiger partial charge in [0.2, 0.25) is 6.79 Å². The summed E-state index contributed by atoms with van der Waals surface area (Å²) in [7, 11) is 0. The average molecular weight is 277 g/mol. The highest BCUT2D eigenvalue weighted by atomic mass is 16.7. The molecular weight excluding hydrogens is 254 g/mol. The number of nitrogens with two attached hydrogens (primary N) is 1. The molecular formula is C16H23NO3. The van der Waals surface area contributed by atoms with Gasteiger partial charge in [-0.1, -0.05) is 13.8 Å². The van der Waals surface area contributed by atoms with Crippen LogP contribution in [0.25, 0.3) is 0 Å². The molecule has 1 aromatic carbocycles. The van der Waals surface area contributed by atoms with Gasteiger partial charge in [0.05, 0.1) is 6.10 Å². The molecule has 110 valence electrons. The summed E-state index contributed by atoms with van der Waals surface area (Å²) in [6, 6.07) is 3.86. The van der Waals surface area contributed by atoms with Crippen molar-refractivity contribution in [2.75, 3.05) is 6.79 Å². The van der Waals surface area contributed by atoms with E-state index in [1.165, 1.54) is 6.42 Å². The third-order valence-corrected chi connectivity index (χ3v) is 4.62. The number of fused-ring (bicyclic) bond motifs is 1. The molecule has 2 aliphatic rings. The lowest BCUT2D eigenvalue weighted by Gasteiger charge is -2.32. The normalized spacial score (nSPS) is 28.4. The predicted octanol–water partition coefficient (Wildman–Crippen LogP) is 3.08. The first-order valence-corrected chi connectivity index (χ1v) is 7.46. The first-order valence-electron chi connectivity index (χ1n) is 7.46. The highest BCUT2D eigenvalue weighted by Crippen LogP contribution is 2.40. The van der Waals surface area contributed by atoms with Gasteiger partial charge in [-0.05, 0) is 37.2 Å². The number of hydrogen-bond acceptors (Lipinski definition) is 4. The first kappa shape index (κ1) is 13.6. The molecule has 0 bridgehead atoms. The van der Waals surface area contributed by atoms with E-state index < -0.39 is 0 Å². The van der Waals surface area contributed by atoms with Gasteiger partial charge < -0.3 is 19.9 Å². The van der Waals surface area contributed by atoms with Gasteiger partial charge in [-0.3, -0.25) is 0 Å². The summed E-state index contributed by atoms with van der Waals surface area (Å²) in [5, 5.41) is 0. The molecule has 20 heavy (non-hydrogen) atoms. The molecule has 1 aliphatic carbocycles. The summed E-state index contributed by atoms with van der Waals surface area (Å²) in [4.78, 5) is 0. The lowest BCUT2D eigenvalue weighted by molar-refractivity contribution is 0.0995. The van der Waals surface area contributed by atoms with Crippen LogP contribution in [-0.2, 0) is 6.54 Å². The van der Waals surface area contributed by atoms with Gasteiger partial charge in [-0.2, -0.15) is 0 Å². The summed E-state index contributed by atoms with van der Waals surface area (Å²) in [6.07, 6.45) is 3.74. The van der Waals surface area contributed by atoms with Gasteiger partial charge in [0, 0.05) is 18.2 Å². The standard InChI is InChI=1S/C16H23NO3/c1-10-3-4-13(5-11(10)2)20-14-7-16-15(18-9-19-16)6-12(14)8-17/h6-7,10-11,13H,3-5,8-9,17H2,1-2H3. The quantitative estimate of drug-likeness (QED) is 0.922. The summed E-state index contributed by atoms with van der Waals surface area (Å²) in [5.41, 5.74) is 6.81. The van der Waals surface area contributed by atoms with E-state index in [-0.39, 0.29) is 12.9 Å². The number of benzene rings is 1. The summed E-state index contributed by atoms with van der Waals surface area (Å²) in [5.74, 6) is 3.88. The summed E-state index contributed by atoms with van der Waals surface area (Å²) >= 11 is 0. The van der Waals surface area contributed by atoms with Crippen LogP contribution < -0.4 is 19.9 Å². The Morgan fingerprint density at radius 1 is 1.15 bits per heavy atom. The van der Waals surface area contributed by atoms with Crippen molar-refractivity contribution in [3.63, 3.8) is 0 Å². The van der Waals surface area contributed by atoms with Crippen LogP contribution in [0.3, 0.4) is 0 Å². The molecule has 4 nitrogen and oxygen atoms in total. The maximum Gasteiger partial charge on any atom is 0.231 e. The maximum atomic E-state index is 6.21. The Labute approximate surface area is 120 Å². The Morgan fingerprint density at radius 3 is 2.60 bits per heavy atom. The van der Waals surface area contributed by atoms with Gasteiger partial charge in [0.25, 0.3) is 0 Å². The first-order chi connectivity index (χ1) is 9.67. The lowest BCUT2D eigenvalue weighted by atomic mass is 9.80. The zero-order valence-corrected chi connectivity index (χ0v) is 12.2. The molecule has 4 heteroatoms. The van der Waals surface area contributed by atoms with E-state index in [4.69, 9.17) is 19.9 Å². The SMILES string of the molecule is CC1CCC(Oc2cc3c(cc2CN)OCO3)CC1C. The van der Waals surface area contributed by atoms with Crippen molar-refractivity contribution < 1.29 is 14.2 Å². The second-order valence-electron chi connectivity index (χ2n) is 6.02.